The van der Waals surface area contributed by atoms with E-state index in [1.165, 1.54) is 71.0 Å². The molecular weight excluding hydrogens is 220 g/mol. The first-order chi connectivity index (χ1) is 8.77. The van der Waals surface area contributed by atoms with Gasteiger partial charge in [-0.2, -0.15) is 0 Å². The summed E-state index contributed by atoms with van der Waals surface area (Å²) >= 11 is 0. The normalized spacial score (nSPS) is 27.8. The quantitative estimate of drug-likeness (QED) is 0.806. The maximum atomic E-state index is 3.68. The molecule has 2 nitrogen and oxygen atoms in total. The van der Waals surface area contributed by atoms with E-state index < -0.39 is 0 Å². The third-order valence-electron chi connectivity index (χ3n) is 4.65. The molecule has 2 aliphatic rings. The van der Waals surface area contributed by atoms with Crippen molar-refractivity contribution in [2.45, 2.75) is 77.3 Å². The molecular formula is C16H32N2. The van der Waals surface area contributed by atoms with Gasteiger partial charge < -0.3 is 5.32 Å². The van der Waals surface area contributed by atoms with Gasteiger partial charge in [0, 0.05) is 18.6 Å². The van der Waals surface area contributed by atoms with E-state index in [2.05, 4.69) is 24.1 Å². The highest BCUT2D eigenvalue weighted by Crippen LogP contribution is 2.28. The Kier molecular flexibility index (Phi) is 5.97. The highest BCUT2D eigenvalue weighted by atomic mass is 15.2. The van der Waals surface area contributed by atoms with Crippen LogP contribution in [0.1, 0.15) is 65.2 Å². The molecule has 0 spiro atoms. The van der Waals surface area contributed by atoms with Crippen molar-refractivity contribution in [2.24, 2.45) is 5.92 Å². The second kappa shape index (κ2) is 7.49. The van der Waals surface area contributed by atoms with Crippen LogP contribution in [0.25, 0.3) is 0 Å². The summed E-state index contributed by atoms with van der Waals surface area (Å²) in [5.74, 6) is 0.775. The fourth-order valence-electron chi connectivity index (χ4n) is 3.67. The average molecular weight is 252 g/mol. The smallest absolute Gasteiger partial charge is 0.0223 e. The molecule has 1 atom stereocenters. The summed E-state index contributed by atoms with van der Waals surface area (Å²) in [7, 11) is 0. The molecule has 1 aliphatic heterocycles. The van der Waals surface area contributed by atoms with Crippen molar-refractivity contribution in [1.29, 1.82) is 0 Å². The topological polar surface area (TPSA) is 15.3 Å². The zero-order chi connectivity index (χ0) is 12.8. The van der Waals surface area contributed by atoms with E-state index in [9.17, 15) is 0 Å². The Labute approximate surface area is 114 Å². The van der Waals surface area contributed by atoms with Gasteiger partial charge in [0.15, 0.2) is 0 Å². The number of nitrogens with one attached hydrogen (secondary N) is 1. The van der Waals surface area contributed by atoms with E-state index in [1.54, 1.807) is 0 Å². The summed E-state index contributed by atoms with van der Waals surface area (Å²) in [6, 6.07) is 1.73. The molecule has 0 aromatic carbocycles. The van der Waals surface area contributed by atoms with Crippen molar-refractivity contribution < 1.29 is 0 Å². The van der Waals surface area contributed by atoms with Crippen LogP contribution < -0.4 is 5.32 Å². The molecule has 1 unspecified atom stereocenters. The van der Waals surface area contributed by atoms with Gasteiger partial charge in [-0.25, -0.2) is 0 Å². The Balaban J connectivity index is 1.80. The molecule has 0 amide bonds. The fraction of sp³-hybridized carbons (Fsp3) is 1.00. The monoisotopic (exact) mass is 252 g/mol. The van der Waals surface area contributed by atoms with Gasteiger partial charge in [-0.3, -0.25) is 4.90 Å². The lowest BCUT2D eigenvalue weighted by atomic mass is 9.90. The van der Waals surface area contributed by atoms with Gasteiger partial charge in [0.05, 0.1) is 0 Å². The maximum Gasteiger partial charge on any atom is 0.0223 e. The fourth-order valence-corrected chi connectivity index (χ4v) is 3.67. The molecule has 1 aliphatic carbocycles. The van der Waals surface area contributed by atoms with Crippen molar-refractivity contribution in [3.8, 4) is 0 Å². The number of rotatable bonds is 5. The molecule has 1 saturated carbocycles. The Morgan fingerprint density at radius 3 is 2.44 bits per heavy atom. The number of likely N-dealkylation sites (tertiary alicyclic amines) is 1. The second-order valence-corrected chi connectivity index (χ2v) is 6.73. The number of hydrogen-bond donors (Lipinski definition) is 1. The van der Waals surface area contributed by atoms with Crippen LogP contribution in [0.4, 0.5) is 0 Å². The van der Waals surface area contributed by atoms with E-state index in [0.29, 0.717) is 0 Å². The average Bonchev–Trinajstić information content (AvgIpc) is 2.40. The van der Waals surface area contributed by atoms with Gasteiger partial charge in [0.25, 0.3) is 0 Å². The van der Waals surface area contributed by atoms with Gasteiger partial charge >= 0.3 is 0 Å². The van der Waals surface area contributed by atoms with Crippen LogP contribution in [0.3, 0.4) is 0 Å². The molecule has 0 radical (unpaired) electrons. The van der Waals surface area contributed by atoms with E-state index in [4.69, 9.17) is 0 Å². The molecule has 1 N–H and O–H groups in total. The van der Waals surface area contributed by atoms with E-state index >= 15 is 0 Å². The minimum atomic E-state index is 0.775. The zero-order valence-corrected chi connectivity index (χ0v) is 12.5. The van der Waals surface area contributed by atoms with Crippen LogP contribution in [-0.4, -0.2) is 36.6 Å². The second-order valence-electron chi connectivity index (χ2n) is 6.73. The Bertz CT molecular complexity index is 221. The SMILES string of the molecule is CC(C)CNCC1CCCCN1C1CCCCC1. The van der Waals surface area contributed by atoms with Gasteiger partial charge in [0.1, 0.15) is 0 Å². The Morgan fingerprint density at radius 2 is 1.72 bits per heavy atom. The lowest BCUT2D eigenvalue weighted by Gasteiger charge is -2.43. The molecule has 2 heteroatoms. The standard InChI is InChI=1S/C16H32N2/c1-14(2)12-17-13-16-10-6-7-11-18(16)15-8-4-3-5-9-15/h14-17H,3-13H2,1-2H3. The van der Waals surface area contributed by atoms with E-state index in [0.717, 1.165) is 18.0 Å². The number of piperidine rings is 1. The molecule has 1 heterocycles. The first kappa shape index (κ1) is 14.3. The van der Waals surface area contributed by atoms with Crippen LogP contribution >= 0.6 is 0 Å². The molecule has 2 fully saturated rings. The third-order valence-corrected chi connectivity index (χ3v) is 4.65. The predicted molar refractivity (Wildman–Crippen MR) is 78.9 cm³/mol. The molecule has 18 heavy (non-hydrogen) atoms. The van der Waals surface area contributed by atoms with Crippen LogP contribution in [-0.2, 0) is 0 Å². The largest absolute Gasteiger partial charge is 0.315 e. The Hall–Kier alpha value is -0.0800. The van der Waals surface area contributed by atoms with Gasteiger partial charge in [0.2, 0.25) is 0 Å². The summed E-state index contributed by atoms with van der Waals surface area (Å²) in [5.41, 5.74) is 0. The van der Waals surface area contributed by atoms with E-state index in [-0.39, 0.29) is 0 Å². The van der Waals surface area contributed by atoms with Crippen molar-refractivity contribution in [3.63, 3.8) is 0 Å². The van der Waals surface area contributed by atoms with Gasteiger partial charge in [-0.05, 0) is 44.7 Å². The summed E-state index contributed by atoms with van der Waals surface area (Å²) in [6.45, 7) is 8.35. The molecule has 1 saturated heterocycles. The summed E-state index contributed by atoms with van der Waals surface area (Å²) in [4.78, 5) is 2.86. The van der Waals surface area contributed by atoms with Crippen molar-refractivity contribution in [2.75, 3.05) is 19.6 Å². The van der Waals surface area contributed by atoms with Crippen molar-refractivity contribution in [3.05, 3.63) is 0 Å². The molecule has 106 valence electrons. The lowest BCUT2D eigenvalue weighted by molar-refractivity contribution is 0.0718. The number of nitrogens with zero attached hydrogens (tertiary/aromatic N) is 1. The minimum absolute atomic E-state index is 0.775. The minimum Gasteiger partial charge on any atom is -0.315 e. The first-order valence-corrected chi connectivity index (χ1v) is 8.24. The van der Waals surface area contributed by atoms with Crippen LogP contribution in [0, 0.1) is 5.92 Å². The third kappa shape index (κ3) is 4.24. The number of hydrogen-bond acceptors (Lipinski definition) is 2. The lowest BCUT2D eigenvalue weighted by Crippen LogP contribution is -2.51. The first-order valence-electron chi connectivity index (χ1n) is 8.24. The molecule has 0 aromatic rings. The molecule has 0 aromatic heterocycles. The Morgan fingerprint density at radius 1 is 1.00 bits per heavy atom. The van der Waals surface area contributed by atoms with Gasteiger partial charge in [-0.15, -0.1) is 0 Å². The maximum absolute atomic E-state index is 3.68. The molecule has 0 bridgehead atoms. The van der Waals surface area contributed by atoms with Crippen LogP contribution in [0.15, 0.2) is 0 Å². The van der Waals surface area contributed by atoms with Crippen LogP contribution in [0.5, 0.6) is 0 Å². The van der Waals surface area contributed by atoms with Gasteiger partial charge in [-0.1, -0.05) is 39.5 Å². The van der Waals surface area contributed by atoms with Crippen LogP contribution in [0.2, 0.25) is 0 Å². The predicted octanol–water partition coefficient (Wildman–Crippen LogP) is 3.42. The summed E-state index contributed by atoms with van der Waals surface area (Å²) in [5, 5.41) is 3.68. The van der Waals surface area contributed by atoms with Crippen molar-refractivity contribution >= 4 is 0 Å². The van der Waals surface area contributed by atoms with E-state index in [1.807, 2.05) is 0 Å². The zero-order valence-electron chi connectivity index (χ0n) is 12.5. The highest BCUT2D eigenvalue weighted by Gasteiger charge is 2.29. The highest BCUT2D eigenvalue weighted by molar-refractivity contribution is 4.85. The molecule has 2 rings (SSSR count). The summed E-state index contributed by atoms with van der Waals surface area (Å²) < 4.78 is 0. The summed E-state index contributed by atoms with van der Waals surface area (Å²) in [6.07, 6.45) is 11.6. The van der Waals surface area contributed by atoms with Crippen molar-refractivity contribution in [1.82, 2.24) is 10.2 Å².